The van der Waals surface area contributed by atoms with Gasteiger partial charge in [0, 0.05) is 69.9 Å². The van der Waals surface area contributed by atoms with Gasteiger partial charge in [0.1, 0.15) is 0 Å². The first-order valence-electron chi connectivity index (χ1n) is 20.7. The van der Waals surface area contributed by atoms with E-state index in [2.05, 4.69) is 94.3 Å². The highest BCUT2D eigenvalue weighted by Gasteiger charge is 2.23. The van der Waals surface area contributed by atoms with Crippen LogP contribution in [0.2, 0.25) is 0 Å². The maximum Gasteiger partial charge on any atom is 0.203 e. The van der Waals surface area contributed by atoms with E-state index >= 15 is 0 Å². The van der Waals surface area contributed by atoms with E-state index in [1.54, 1.807) is 42.7 Å². The zero-order valence-electron chi connectivity index (χ0n) is 36.3. The van der Waals surface area contributed by atoms with Crippen molar-refractivity contribution in [3.63, 3.8) is 0 Å². The van der Waals surface area contributed by atoms with Crippen LogP contribution in [0.5, 0.6) is 34.5 Å². The number of aromatic nitrogens is 4. The Bertz CT molecular complexity index is 2620. The highest BCUT2D eigenvalue weighted by molar-refractivity contribution is 6.13. The Kier molecular flexibility index (Phi) is 12.2. The van der Waals surface area contributed by atoms with E-state index in [0.29, 0.717) is 47.6 Å². The van der Waals surface area contributed by atoms with Crippen LogP contribution in [0.4, 0.5) is 0 Å². The van der Waals surface area contributed by atoms with Gasteiger partial charge in [-0.1, -0.05) is 36.4 Å². The van der Waals surface area contributed by atoms with E-state index in [0.717, 1.165) is 88.3 Å². The fourth-order valence-corrected chi connectivity index (χ4v) is 8.70. The summed E-state index contributed by atoms with van der Waals surface area (Å²) < 4.78 is 39.0. The molecule has 0 unspecified atom stereocenters. The lowest BCUT2D eigenvalue weighted by Crippen LogP contribution is -2.22. The van der Waals surface area contributed by atoms with Gasteiger partial charge in [-0.05, 0) is 81.9 Å². The molecule has 0 amide bonds. The molecule has 0 fully saturated rings. The molecule has 4 aromatic heterocycles. The maximum atomic E-state index is 5.75. The van der Waals surface area contributed by atoms with E-state index < -0.39 is 0 Å². The third kappa shape index (κ3) is 7.51. The van der Waals surface area contributed by atoms with E-state index in [1.165, 1.54) is 21.8 Å². The van der Waals surface area contributed by atoms with E-state index in [9.17, 15) is 0 Å². The first-order valence-corrected chi connectivity index (χ1v) is 20.7. The second-order valence-electron chi connectivity index (χ2n) is 14.8. The monoisotopic (exact) mass is 822 g/mol. The zero-order chi connectivity index (χ0) is 42.6. The summed E-state index contributed by atoms with van der Waals surface area (Å²) >= 11 is 0. The van der Waals surface area contributed by atoms with Crippen molar-refractivity contribution in [3.05, 3.63) is 96.3 Å². The minimum atomic E-state index is 0.548. The lowest BCUT2D eigenvalue weighted by Gasteiger charge is -2.16. The van der Waals surface area contributed by atoms with E-state index in [1.807, 2.05) is 24.3 Å². The number of para-hydroxylation sites is 2. The molecule has 0 spiro atoms. The van der Waals surface area contributed by atoms with Crippen molar-refractivity contribution in [3.8, 4) is 57.0 Å². The molecule has 8 rings (SSSR count). The minimum Gasteiger partial charge on any atom is -0.493 e. The SMILES string of the molecule is CCn1c2ccccc2c2cc(CNCCCNCc3cc4c5ccccc5n(CC)c4c(-c4cc(OC)c(OC)c(OC)c4)n3)nc(-c3cc(OC)c(OC)c(OC)c3)c21. The van der Waals surface area contributed by atoms with Crippen molar-refractivity contribution < 1.29 is 28.4 Å². The molecule has 0 bridgehead atoms. The number of hydrogen-bond donors (Lipinski definition) is 2. The topological polar surface area (TPSA) is 115 Å². The molecule has 61 heavy (non-hydrogen) atoms. The summed E-state index contributed by atoms with van der Waals surface area (Å²) in [7, 11) is 9.78. The van der Waals surface area contributed by atoms with Crippen molar-refractivity contribution in [2.45, 2.75) is 46.4 Å². The molecule has 0 radical (unpaired) electrons. The van der Waals surface area contributed by atoms with Crippen LogP contribution in [-0.2, 0) is 26.2 Å². The highest BCUT2D eigenvalue weighted by Crippen LogP contribution is 2.45. The third-order valence-electron chi connectivity index (χ3n) is 11.4. The second kappa shape index (κ2) is 18.0. The van der Waals surface area contributed by atoms with Crippen LogP contribution in [0.1, 0.15) is 31.7 Å². The van der Waals surface area contributed by atoms with Gasteiger partial charge in [-0.3, -0.25) is 0 Å². The van der Waals surface area contributed by atoms with Crippen LogP contribution in [0.15, 0.2) is 84.9 Å². The predicted molar refractivity (Wildman–Crippen MR) is 244 cm³/mol. The van der Waals surface area contributed by atoms with Gasteiger partial charge in [-0.15, -0.1) is 0 Å². The summed E-state index contributed by atoms with van der Waals surface area (Å²) in [5, 5.41) is 12.0. The first kappa shape index (κ1) is 41.2. The summed E-state index contributed by atoms with van der Waals surface area (Å²) in [4.78, 5) is 10.6. The zero-order valence-corrected chi connectivity index (χ0v) is 36.3. The Morgan fingerprint density at radius 3 is 1.20 bits per heavy atom. The molecule has 0 saturated carbocycles. The van der Waals surface area contributed by atoms with Crippen LogP contribution in [0, 0.1) is 0 Å². The maximum absolute atomic E-state index is 5.75. The average Bonchev–Trinajstić information content (AvgIpc) is 3.81. The quantitative estimate of drug-likeness (QED) is 0.0812. The Labute approximate surface area is 356 Å². The van der Waals surface area contributed by atoms with Gasteiger partial charge in [0.25, 0.3) is 0 Å². The average molecular weight is 823 g/mol. The molecule has 316 valence electrons. The second-order valence-corrected chi connectivity index (χ2v) is 14.8. The Morgan fingerprint density at radius 1 is 0.475 bits per heavy atom. The number of nitrogens with zero attached hydrogens (tertiary/aromatic N) is 4. The first-order chi connectivity index (χ1) is 29.9. The molecule has 4 aromatic carbocycles. The summed E-state index contributed by atoms with van der Waals surface area (Å²) in [6, 6.07) is 29.4. The van der Waals surface area contributed by atoms with Gasteiger partial charge in [0.2, 0.25) is 11.5 Å². The van der Waals surface area contributed by atoms with Crippen LogP contribution >= 0.6 is 0 Å². The summed E-state index contributed by atoms with van der Waals surface area (Å²) in [6.45, 7) is 8.75. The van der Waals surface area contributed by atoms with Crippen molar-refractivity contribution in [1.29, 1.82) is 0 Å². The molecule has 2 N–H and O–H groups in total. The highest BCUT2D eigenvalue weighted by atomic mass is 16.5. The van der Waals surface area contributed by atoms with Crippen molar-refractivity contribution in [1.82, 2.24) is 29.7 Å². The number of hydrogen-bond acceptors (Lipinski definition) is 10. The molecule has 12 nitrogen and oxygen atoms in total. The van der Waals surface area contributed by atoms with Gasteiger partial charge in [-0.25, -0.2) is 9.97 Å². The minimum absolute atomic E-state index is 0.548. The largest absolute Gasteiger partial charge is 0.493 e. The molecular formula is C49H54N6O6. The summed E-state index contributed by atoms with van der Waals surface area (Å²) in [6.07, 6.45) is 0.911. The van der Waals surface area contributed by atoms with E-state index in [4.69, 9.17) is 38.4 Å². The fourth-order valence-electron chi connectivity index (χ4n) is 8.70. The van der Waals surface area contributed by atoms with Crippen LogP contribution in [0.25, 0.3) is 66.1 Å². The molecule has 0 saturated heterocycles. The van der Waals surface area contributed by atoms with Gasteiger partial charge >= 0.3 is 0 Å². The van der Waals surface area contributed by atoms with Gasteiger partial charge in [-0.2, -0.15) is 0 Å². The number of aryl methyl sites for hydroxylation is 2. The Balaban J connectivity index is 1.03. The van der Waals surface area contributed by atoms with Crippen LogP contribution in [-0.4, -0.2) is 74.9 Å². The van der Waals surface area contributed by atoms with Gasteiger partial charge in [0.15, 0.2) is 23.0 Å². The number of ether oxygens (including phenoxy) is 6. The Morgan fingerprint density at radius 2 is 0.852 bits per heavy atom. The third-order valence-corrected chi connectivity index (χ3v) is 11.4. The van der Waals surface area contributed by atoms with E-state index in [-0.39, 0.29) is 0 Å². The molecule has 0 atom stereocenters. The van der Waals surface area contributed by atoms with Gasteiger partial charge in [0.05, 0.1) is 76.5 Å². The Hall–Kier alpha value is -6.50. The van der Waals surface area contributed by atoms with Gasteiger partial charge < -0.3 is 48.2 Å². The summed E-state index contributed by atoms with van der Waals surface area (Å²) in [5.41, 5.74) is 9.91. The number of nitrogens with one attached hydrogen (secondary N) is 2. The van der Waals surface area contributed by atoms with Crippen molar-refractivity contribution >= 4 is 43.6 Å². The number of benzene rings is 4. The number of rotatable bonds is 18. The molecule has 0 aliphatic carbocycles. The number of pyridine rings is 2. The predicted octanol–water partition coefficient (Wildman–Crippen LogP) is 9.39. The number of methoxy groups -OCH3 is 6. The molecular weight excluding hydrogens is 769 g/mol. The lowest BCUT2D eigenvalue weighted by molar-refractivity contribution is 0.324. The molecule has 0 aliphatic heterocycles. The van der Waals surface area contributed by atoms with Crippen molar-refractivity contribution in [2.75, 3.05) is 55.7 Å². The van der Waals surface area contributed by atoms with Crippen molar-refractivity contribution in [2.24, 2.45) is 0 Å². The number of fused-ring (bicyclic) bond motifs is 6. The van der Waals surface area contributed by atoms with Crippen LogP contribution in [0.3, 0.4) is 0 Å². The van der Waals surface area contributed by atoms with Crippen LogP contribution < -0.4 is 39.1 Å². The smallest absolute Gasteiger partial charge is 0.203 e. The fraction of sp³-hybridized carbons (Fsp3) is 0.306. The lowest BCUT2D eigenvalue weighted by atomic mass is 10.0. The molecule has 8 aromatic rings. The molecule has 4 heterocycles. The molecule has 0 aliphatic rings. The molecule has 12 heteroatoms. The summed E-state index contributed by atoms with van der Waals surface area (Å²) in [5.74, 6) is 3.44. The normalized spacial score (nSPS) is 11.5. The standard InChI is InChI=1S/C49H54N6O6/c1-9-54-38-18-13-11-16-34(38)36-26-32(52-44(46(36)54)30-22-40(56-3)48(60-7)41(23-30)57-4)28-50-20-15-21-51-29-33-27-37-35-17-12-14-19-39(35)55(10-2)47(37)45(53-33)31-24-42(58-5)49(61-8)43(25-31)59-6/h11-14,16-19,22-27,50-51H,9-10,15,20-21,28-29H2,1-8H3.